The first kappa shape index (κ1) is 12.5. The van der Waals surface area contributed by atoms with Crippen LogP contribution in [0.2, 0.25) is 0 Å². The molecule has 0 aliphatic rings. The lowest BCUT2D eigenvalue weighted by Gasteiger charge is -2.14. The van der Waals surface area contributed by atoms with E-state index in [0.29, 0.717) is 5.56 Å². The van der Waals surface area contributed by atoms with Crippen LogP contribution in [-0.4, -0.2) is 12.1 Å². The van der Waals surface area contributed by atoms with Crippen molar-refractivity contribution in [2.75, 3.05) is 5.32 Å². The summed E-state index contributed by atoms with van der Waals surface area (Å²) >= 11 is 0. The number of amides is 1. The molecule has 0 bridgehead atoms. The summed E-state index contributed by atoms with van der Waals surface area (Å²) in [5.41, 5.74) is 0.965. The average Bonchev–Trinajstić information content (AvgIpc) is 2.08. The lowest BCUT2D eigenvalue weighted by atomic mass is 10.0. The van der Waals surface area contributed by atoms with E-state index in [4.69, 9.17) is 0 Å². The van der Waals surface area contributed by atoms with Crippen molar-refractivity contribution in [3.8, 4) is 0 Å². The van der Waals surface area contributed by atoms with E-state index in [2.05, 4.69) is 5.32 Å². The topological polar surface area (TPSA) is 29.1 Å². The first-order chi connectivity index (χ1) is 7.29. The van der Waals surface area contributed by atoms with Crippen LogP contribution in [-0.2, 0) is 11.2 Å². The van der Waals surface area contributed by atoms with Gasteiger partial charge in [0.1, 0.15) is 0 Å². The second-order valence-electron chi connectivity index (χ2n) is 3.58. The molecule has 1 rings (SSSR count). The number of carbonyl (C=O) groups is 1. The zero-order valence-electron chi connectivity index (χ0n) is 8.98. The van der Waals surface area contributed by atoms with E-state index < -0.39 is 12.6 Å². The van der Waals surface area contributed by atoms with Crippen LogP contribution in [0, 0.1) is 6.92 Å². The third-order valence-electron chi connectivity index (χ3n) is 2.05. The fraction of sp³-hybridized carbons (Fsp3) is 0.364. The van der Waals surface area contributed by atoms with Gasteiger partial charge in [0, 0.05) is 12.6 Å². The highest BCUT2D eigenvalue weighted by Crippen LogP contribution is 2.28. The van der Waals surface area contributed by atoms with Crippen LogP contribution in [0.1, 0.15) is 18.1 Å². The Hall–Kier alpha value is -1.52. The molecule has 0 heterocycles. The maximum atomic E-state index is 12.3. The summed E-state index contributed by atoms with van der Waals surface area (Å²) in [7, 11) is 0. The minimum atomic E-state index is -4.28. The number of benzene rings is 1. The van der Waals surface area contributed by atoms with Gasteiger partial charge < -0.3 is 5.32 Å². The molecular weight excluding hydrogens is 219 g/mol. The Kier molecular flexibility index (Phi) is 3.57. The van der Waals surface area contributed by atoms with Crippen LogP contribution >= 0.6 is 0 Å². The fourth-order valence-electron chi connectivity index (χ4n) is 1.45. The predicted octanol–water partition coefficient (Wildman–Crippen LogP) is 3.06. The molecule has 0 aromatic heterocycles. The summed E-state index contributed by atoms with van der Waals surface area (Å²) in [5.74, 6) is -0.377. The van der Waals surface area contributed by atoms with Crippen LogP contribution in [0.5, 0.6) is 0 Å². The second-order valence-corrected chi connectivity index (χ2v) is 3.58. The van der Waals surface area contributed by atoms with Crippen molar-refractivity contribution in [3.63, 3.8) is 0 Å². The number of rotatable bonds is 2. The molecule has 1 N–H and O–H groups in total. The Morgan fingerprint density at radius 1 is 1.38 bits per heavy atom. The molecule has 5 heteroatoms. The highest BCUT2D eigenvalue weighted by molar-refractivity contribution is 5.90. The van der Waals surface area contributed by atoms with Crippen molar-refractivity contribution in [1.29, 1.82) is 0 Å². The molecule has 0 saturated carbocycles. The largest absolute Gasteiger partial charge is 0.393 e. The number of aryl methyl sites for hydroxylation is 1. The number of anilines is 1. The second kappa shape index (κ2) is 4.55. The minimum absolute atomic E-state index is 0.0858. The molecule has 0 unspecified atom stereocenters. The van der Waals surface area contributed by atoms with Crippen LogP contribution in [0.25, 0.3) is 0 Å². The summed E-state index contributed by atoms with van der Waals surface area (Å²) in [6.07, 6.45) is -5.31. The molecule has 16 heavy (non-hydrogen) atoms. The van der Waals surface area contributed by atoms with Gasteiger partial charge >= 0.3 is 6.18 Å². The van der Waals surface area contributed by atoms with Gasteiger partial charge in [-0.3, -0.25) is 4.79 Å². The molecule has 0 aliphatic carbocycles. The lowest BCUT2D eigenvalue weighted by molar-refractivity contribution is -0.127. The number of halogens is 3. The van der Waals surface area contributed by atoms with E-state index in [-0.39, 0.29) is 17.2 Å². The molecule has 1 aromatic carbocycles. The van der Waals surface area contributed by atoms with Gasteiger partial charge in [-0.25, -0.2) is 0 Å². The van der Waals surface area contributed by atoms with Gasteiger partial charge in [0.2, 0.25) is 5.91 Å². The molecule has 1 aromatic rings. The van der Waals surface area contributed by atoms with Gasteiger partial charge in [-0.05, 0) is 18.1 Å². The number of hydrogen-bond acceptors (Lipinski definition) is 1. The molecule has 0 saturated heterocycles. The third kappa shape index (κ3) is 3.56. The maximum Gasteiger partial charge on any atom is 0.393 e. The Labute approximate surface area is 91.5 Å². The SMILES string of the molecule is CC(=O)Nc1c(C)cccc1CC(F)(F)F. The van der Waals surface area contributed by atoms with E-state index in [1.54, 1.807) is 19.1 Å². The number of para-hydroxylation sites is 1. The van der Waals surface area contributed by atoms with Gasteiger partial charge in [-0.2, -0.15) is 13.2 Å². The Morgan fingerprint density at radius 3 is 2.50 bits per heavy atom. The fourth-order valence-corrected chi connectivity index (χ4v) is 1.45. The predicted molar refractivity (Wildman–Crippen MR) is 55.2 cm³/mol. The monoisotopic (exact) mass is 231 g/mol. The normalized spacial score (nSPS) is 11.3. The van der Waals surface area contributed by atoms with Crippen LogP contribution < -0.4 is 5.32 Å². The van der Waals surface area contributed by atoms with Gasteiger partial charge in [0.05, 0.1) is 6.42 Å². The lowest BCUT2D eigenvalue weighted by Crippen LogP contribution is -2.16. The van der Waals surface area contributed by atoms with Crippen molar-refractivity contribution < 1.29 is 18.0 Å². The highest BCUT2D eigenvalue weighted by atomic mass is 19.4. The van der Waals surface area contributed by atoms with Crippen molar-refractivity contribution in [2.24, 2.45) is 0 Å². The molecule has 0 spiro atoms. The van der Waals surface area contributed by atoms with Gasteiger partial charge in [0.25, 0.3) is 0 Å². The maximum absolute atomic E-state index is 12.3. The Bertz CT molecular complexity index is 399. The van der Waals surface area contributed by atoms with E-state index in [1.807, 2.05) is 0 Å². The van der Waals surface area contributed by atoms with E-state index >= 15 is 0 Å². The first-order valence-corrected chi connectivity index (χ1v) is 4.72. The number of alkyl halides is 3. The van der Waals surface area contributed by atoms with Gasteiger partial charge in [-0.15, -0.1) is 0 Å². The van der Waals surface area contributed by atoms with Crippen molar-refractivity contribution in [3.05, 3.63) is 29.3 Å². The van der Waals surface area contributed by atoms with E-state index in [9.17, 15) is 18.0 Å². The summed E-state index contributed by atoms with van der Waals surface area (Å²) in [6, 6.07) is 4.57. The van der Waals surface area contributed by atoms with Crippen molar-refractivity contribution in [1.82, 2.24) is 0 Å². The molecule has 0 atom stereocenters. The number of carbonyl (C=O) groups excluding carboxylic acids is 1. The van der Waals surface area contributed by atoms with Crippen molar-refractivity contribution >= 4 is 11.6 Å². The molecule has 0 fully saturated rings. The van der Waals surface area contributed by atoms with Gasteiger partial charge in [0.15, 0.2) is 0 Å². The van der Waals surface area contributed by atoms with Crippen LogP contribution in [0.3, 0.4) is 0 Å². The van der Waals surface area contributed by atoms with E-state index in [0.717, 1.165) is 0 Å². The zero-order chi connectivity index (χ0) is 12.3. The molecule has 1 amide bonds. The first-order valence-electron chi connectivity index (χ1n) is 4.72. The molecule has 2 nitrogen and oxygen atoms in total. The Morgan fingerprint density at radius 2 is 2.00 bits per heavy atom. The van der Waals surface area contributed by atoms with Crippen LogP contribution in [0.4, 0.5) is 18.9 Å². The van der Waals surface area contributed by atoms with Crippen molar-refractivity contribution in [2.45, 2.75) is 26.4 Å². The minimum Gasteiger partial charge on any atom is -0.326 e. The zero-order valence-corrected chi connectivity index (χ0v) is 8.98. The summed E-state index contributed by atoms with van der Waals surface area (Å²) in [6.45, 7) is 2.93. The van der Waals surface area contributed by atoms with Crippen LogP contribution in [0.15, 0.2) is 18.2 Å². The Balaban J connectivity index is 3.07. The third-order valence-corrected chi connectivity index (χ3v) is 2.05. The highest BCUT2D eigenvalue weighted by Gasteiger charge is 2.29. The summed E-state index contributed by atoms with van der Waals surface area (Å²) in [4.78, 5) is 10.9. The van der Waals surface area contributed by atoms with E-state index in [1.165, 1.54) is 13.0 Å². The summed E-state index contributed by atoms with van der Waals surface area (Å²) < 4.78 is 36.8. The number of hydrogen-bond donors (Lipinski definition) is 1. The quantitative estimate of drug-likeness (QED) is 0.832. The molecule has 0 aliphatic heterocycles. The molecular formula is C11H12F3NO. The summed E-state index contributed by atoms with van der Waals surface area (Å²) in [5, 5.41) is 2.43. The standard InChI is InChI=1S/C11H12F3NO/c1-7-4-3-5-9(6-11(12,13)14)10(7)15-8(2)16/h3-5H,6H2,1-2H3,(H,15,16). The molecule has 0 radical (unpaired) electrons. The smallest absolute Gasteiger partial charge is 0.326 e. The molecule has 88 valence electrons. The van der Waals surface area contributed by atoms with Gasteiger partial charge in [-0.1, -0.05) is 18.2 Å². The number of nitrogens with one attached hydrogen (secondary N) is 1. The average molecular weight is 231 g/mol.